The molecule has 0 aliphatic rings. The van der Waals surface area contributed by atoms with Crippen LogP contribution in [0.3, 0.4) is 0 Å². The number of carbonyl (C=O) groups is 1. The Morgan fingerprint density at radius 1 is 0.917 bits per heavy atom. The van der Waals surface area contributed by atoms with Gasteiger partial charge in [0.1, 0.15) is 0 Å². The van der Waals surface area contributed by atoms with E-state index in [0.29, 0.717) is 0 Å². The van der Waals surface area contributed by atoms with Crippen LogP contribution in [0.4, 0.5) is 0 Å². The quantitative estimate of drug-likeness (QED) is 0.442. The van der Waals surface area contributed by atoms with E-state index >= 15 is 0 Å². The molecule has 0 saturated heterocycles. The molecule has 0 spiro atoms. The fourth-order valence-corrected chi connectivity index (χ4v) is 2.87. The molecule has 1 N–H and O–H groups in total. The summed E-state index contributed by atoms with van der Waals surface area (Å²) in [5, 5.41) is 20.6. The first-order chi connectivity index (χ1) is 11.1. The van der Waals surface area contributed by atoms with E-state index < -0.39 is 5.97 Å². The molecule has 24 heavy (non-hydrogen) atoms. The predicted octanol–water partition coefficient (Wildman–Crippen LogP) is 2.32. The molecular formula is C20H31NaO3. The van der Waals surface area contributed by atoms with Crippen LogP contribution in [0.25, 0.3) is 0 Å². The molecule has 0 fully saturated rings. The molecule has 1 aromatic carbocycles. The molecule has 0 unspecified atom stereocenters. The van der Waals surface area contributed by atoms with Gasteiger partial charge in [0, 0.05) is 0 Å². The minimum Gasteiger partial charge on any atom is -0.872 e. The first kappa shape index (κ1) is 23.5. The van der Waals surface area contributed by atoms with Crippen molar-refractivity contribution in [2.24, 2.45) is 0 Å². The van der Waals surface area contributed by atoms with Gasteiger partial charge in [-0.25, -0.2) is 4.79 Å². The Morgan fingerprint density at radius 2 is 1.42 bits per heavy atom. The fraction of sp³-hybridized carbons (Fsp3) is 0.650. The minimum atomic E-state index is -1.04. The van der Waals surface area contributed by atoms with Gasteiger partial charge in [0.2, 0.25) is 0 Å². The number of benzene rings is 1. The molecule has 0 aliphatic heterocycles. The van der Waals surface area contributed by atoms with Gasteiger partial charge in [-0.2, -0.15) is 0 Å². The Bertz CT molecular complexity index is 460. The van der Waals surface area contributed by atoms with Crippen molar-refractivity contribution in [2.45, 2.75) is 84.0 Å². The zero-order chi connectivity index (χ0) is 16.9. The van der Waals surface area contributed by atoms with Crippen molar-refractivity contribution >= 4 is 5.97 Å². The number of aryl methyl sites for hydroxylation is 1. The number of rotatable bonds is 13. The molecule has 0 saturated carbocycles. The summed E-state index contributed by atoms with van der Waals surface area (Å²) in [6.07, 6.45) is 14.9. The monoisotopic (exact) mass is 342 g/mol. The summed E-state index contributed by atoms with van der Waals surface area (Å²) < 4.78 is 0. The topological polar surface area (TPSA) is 60.4 Å². The second-order valence-corrected chi connectivity index (χ2v) is 6.41. The molecule has 130 valence electrons. The van der Waals surface area contributed by atoms with Crippen LogP contribution in [-0.4, -0.2) is 11.1 Å². The molecule has 0 aromatic heterocycles. The Labute approximate surface area is 169 Å². The van der Waals surface area contributed by atoms with E-state index in [4.69, 9.17) is 5.11 Å². The second kappa shape index (κ2) is 14.8. The van der Waals surface area contributed by atoms with Crippen LogP contribution in [0, 0.1) is 0 Å². The summed E-state index contributed by atoms with van der Waals surface area (Å²) in [6.45, 7) is 2.25. The van der Waals surface area contributed by atoms with E-state index in [0.717, 1.165) is 24.8 Å². The zero-order valence-electron chi connectivity index (χ0n) is 15.5. The van der Waals surface area contributed by atoms with E-state index in [2.05, 4.69) is 6.92 Å². The van der Waals surface area contributed by atoms with Crippen molar-refractivity contribution in [3.63, 3.8) is 0 Å². The van der Waals surface area contributed by atoms with Crippen LogP contribution in [0.1, 0.15) is 93.5 Å². The molecule has 0 aliphatic carbocycles. The number of carboxylic acid groups (broad SMARTS) is 1. The van der Waals surface area contributed by atoms with Gasteiger partial charge in [0.15, 0.2) is 0 Å². The van der Waals surface area contributed by atoms with Gasteiger partial charge in [0.05, 0.1) is 5.56 Å². The van der Waals surface area contributed by atoms with Crippen molar-refractivity contribution in [1.82, 2.24) is 0 Å². The van der Waals surface area contributed by atoms with Crippen LogP contribution in [0.15, 0.2) is 18.2 Å². The molecule has 0 bridgehead atoms. The van der Waals surface area contributed by atoms with Gasteiger partial charge < -0.3 is 10.2 Å². The summed E-state index contributed by atoms with van der Waals surface area (Å²) in [4.78, 5) is 10.8. The van der Waals surface area contributed by atoms with Crippen LogP contribution in [-0.2, 0) is 6.42 Å². The number of unbranched alkanes of at least 4 members (excludes halogenated alkanes) is 10. The summed E-state index contributed by atoms with van der Waals surface area (Å²) >= 11 is 0. The van der Waals surface area contributed by atoms with Crippen LogP contribution in [0.2, 0.25) is 0 Å². The van der Waals surface area contributed by atoms with Crippen LogP contribution < -0.4 is 34.7 Å². The Balaban J connectivity index is 0.00000529. The van der Waals surface area contributed by atoms with Crippen molar-refractivity contribution < 1.29 is 44.6 Å². The summed E-state index contributed by atoms with van der Waals surface area (Å²) in [6, 6.07) is 4.43. The maximum absolute atomic E-state index is 11.8. The zero-order valence-corrected chi connectivity index (χ0v) is 17.5. The third-order valence-corrected chi connectivity index (χ3v) is 4.36. The van der Waals surface area contributed by atoms with Gasteiger partial charge in [0.25, 0.3) is 0 Å². The predicted molar refractivity (Wildman–Crippen MR) is 93.0 cm³/mol. The average molecular weight is 342 g/mol. The molecular weight excluding hydrogens is 311 g/mol. The number of hydrogen-bond acceptors (Lipinski definition) is 2. The third-order valence-electron chi connectivity index (χ3n) is 4.36. The van der Waals surface area contributed by atoms with Crippen molar-refractivity contribution in [3.05, 3.63) is 29.3 Å². The Hall–Kier alpha value is -0.510. The van der Waals surface area contributed by atoms with E-state index in [9.17, 15) is 9.90 Å². The first-order valence-corrected chi connectivity index (χ1v) is 9.18. The molecule has 0 heterocycles. The molecule has 0 atom stereocenters. The molecule has 0 radical (unpaired) electrons. The van der Waals surface area contributed by atoms with Gasteiger partial charge >= 0.3 is 35.5 Å². The molecule has 0 amide bonds. The smallest absolute Gasteiger partial charge is 0.872 e. The maximum Gasteiger partial charge on any atom is 1.00 e. The largest absolute Gasteiger partial charge is 1.00 e. The van der Waals surface area contributed by atoms with Gasteiger partial charge in [-0.05, 0) is 18.9 Å². The molecule has 4 heteroatoms. The maximum atomic E-state index is 11.8. The molecule has 1 rings (SSSR count). The van der Waals surface area contributed by atoms with E-state index in [1.807, 2.05) is 0 Å². The number of hydrogen-bond donors (Lipinski definition) is 1. The molecule has 3 nitrogen and oxygen atoms in total. The van der Waals surface area contributed by atoms with Gasteiger partial charge in [-0.3, -0.25) is 0 Å². The van der Waals surface area contributed by atoms with Crippen molar-refractivity contribution in [2.75, 3.05) is 0 Å². The summed E-state index contributed by atoms with van der Waals surface area (Å²) in [7, 11) is 0. The summed E-state index contributed by atoms with van der Waals surface area (Å²) in [5.41, 5.74) is 0.823. The van der Waals surface area contributed by atoms with Crippen LogP contribution in [0.5, 0.6) is 5.75 Å². The van der Waals surface area contributed by atoms with E-state index in [1.54, 1.807) is 6.07 Å². The minimum absolute atomic E-state index is 0. The first-order valence-electron chi connectivity index (χ1n) is 9.18. The van der Waals surface area contributed by atoms with E-state index in [1.165, 1.54) is 69.9 Å². The van der Waals surface area contributed by atoms with Gasteiger partial charge in [-0.15, -0.1) is 5.75 Å². The SMILES string of the molecule is CCCCCCCCCCCCCc1ccc(C(=O)O)cc1[O-].[Na+]. The normalized spacial score (nSPS) is 10.4. The fourth-order valence-electron chi connectivity index (χ4n) is 2.87. The Kier molecular flexibility index (Phi) is 14.5. The number of aromatic carboxylic acids is 1. The van der Waals surface area contributed by atoms with Crippen molar-refractivity contribution in [3.8, 4) is 5.75 Å². The standard InChI is InChI=1S/C20H32O3.Na/c1-2-3-4-5-6-7-8-9-10-11-12-13-17-14-15-18(20(22)23)16-19(17)21;/h14-16,21H,2-13H2,1H3,(H,22,23);/q;+1/p-1. The van der Waals surface area contributed by atoms with Gasteiger partial charge in [-0.1, -0.05) is 88.8 Å². The van der Waals surface area contributed by atoms with E-state index in [-0.39, 0.29) is 40.9 Å². The summed E-state index contributed by atoms with van der Waals surface area (Å²) in [5.74, 6) is -1.18. The Morgan fingerprint density at radius 3 is 1.88 bits per heavy atom. The second-order valence-electron chi connectivity index (χ2n) is 6.41. The average Bonchev–Trinajstić information content (AvgIpc) is 2.53. The molecule has 1 aromatic rings. The number of carboxylic acids is 1. The van der Waals surface area contributed by atoms with Crippen molar-refractivity contribution in [1.29, 1.82) is 0 Å². The third kappa shape index (κ3) is 10.4. The van der Waals surface area contributed by atoms with Crippen LogP contribution >= 0.6 is 0 Å².